The first-order chi connectivity index (χ1) is 9.87. The quantitative estimate of drug-likeness (QED) is 0.851. The number of nitrogen functional groups attached to an aromatic ring is 1. The summed E-state index contributed by atoms with van der Waals surface area (Å²) in [6.07, 6.45) is 1.56. The number of benzene rings is 1. The number of rotatable bonds is 1. The lowest BCUT2D eigenvalue weighted by Crippen LogP contribution is -2.48. The number of piperidine rings is 1. The molecule has 1 atom stereocenters. The molecule has 3 N–H and O–H groups in total. The van der Waals surface area contributed by atoms with Gasteiger partial charge in [0.05, 0.1) is 11.3 Å². The molecule has 0 saturated carbocycles. The van der Waals surface area contributed by atoms with Gasteiger partial charge < -0.3 is 15.7 Å². The lowest BCUT2D eigenvalue weighted by molar-refractivity contribution is -0.0105. The third kappa shape index (κ3) is 2.63. The molecule has 1 aromatic heterocycles. The molecule has 21 heavy (non-hydrogen) atoms. The van der Waals surface area contributed by atoms with E-state index in [0.29, 0.717) is 23.7 Å². The second kappa shape index (κ2) is 5.00. The van der Waals surface area contributed by atoms with Crippen LogP contribution in [0.1, 0.15) is 35.0 Å². The van der Waals surface area contributed by atoms with Crippen molar-refractivity contribution < 1.29 is 9.90 Å². The van der Waals surface area contributed by atoms with Gasteiger partial charge in [0.15, 0.2) is 0 Å². The third-order valence-corrected chi connectivity index (χ3v) is 5.20. The van der Waals surface area contributed by atoms with Gasteiger partial charge in [-0.05, 0) is 38.3 Å². The number of hydrogen-bond donors (Lipinski definition) is 2. The Kier molecular flexibility index (Phi) is 3.42. The molecule has 1 aromatic carbocycles. The maximum atomic E-state index is 12.7. The van der Waals surface area contributed by atoms with Gasteiger partial charge in [-0.15, -0.1) is 11.3 Å². The Labute approximate surface area is 128 Å². The SMILES string of the molecule is Cc1ccc2c(N)c(C(=O)N3CCCC(C)(O)C3)sc2c1. The summed E-state index contributed by atoms with van der Waals surface area (Å²) < 4.78 is 1.04. The smallest absolute Gasteiger partial charge is 0.266 e. The molecule has 0 bridgehead atoms. The van der Waals surface area contributed by atoms with Gasteiger partial charge >= 0.3 is 0 Å². The van der Waals surface area contributed by atoms with E-state index in [9.17, 15) is 9.90 Å². The molecule has 1 amide bonds. The zero-order valence-electron chi connectivity index (χ0n) is 12.3. The molecule has 1 saturated heterocycles. The first-order valence-electron chi connectivity index (χ1n) is 7.18. The Bertz CT molecular complexity index is 706. The zero-order chi connectivity index (χ0) is 15.2. The van der Waals surface area contributed by atoms with Crippen LogP contribution in [0.5, 0.6) is 0 Å². The lowest BCUT2D eigenvalue weighted by atomic mass is 9.95. The molecule has 0 spiro atoms. The summed E-state index contributed by atoms with van der Waals surface area (Å²) in [5.74, 6) is -0.0636. The average molecular weight is 304 g/mol. The van der Waals surface area contributed by atoms with Crippen molar-refractivity contribution in [2.24, 2.45) is 0 Å². The van der Waals surface area contributed by atoms with E-state index in [2.05, 4.69) is 6.07 Å². The first kappa shape index (κ1) is 14.4. The third-order valence-electron chi connectivity index (χ3n) is 4.04. The van der Waals surface area contributed by atoms with Crippen LogP contribution in [-0.4, -0.2) is 34.6 Å². The molecule has 112 valence electrons. The Morgan fingerprint density at radius 1 is 1.48 bits per heavy atom. The summed E-state index contributed by atoms with van der Waals surface area (Å²) in [5.41, 5.74) is 7.09. The van der Waals surface area contributed by atoms with Crippen LogP contribution in [-0.2, 0) is 0 Å². The van der Waals surface area contributed by atoms with Crippen molar-refractivity contribution in [3.63, 3.8) is 0 Å². The second-order valence-corrected chi connectivity index (χ2v) is 7.22. The summed E-state index contributed by atoms with van der Waals surface area (Å²) in [4.78, 5) is 15.0. The number of hydrogen-bond acceptors (Lipinski definition) is 4. The van der Waals surface area contributed by atoms with Gasteiger partial charge in [-0.1, -0.05) is 12.1 Å². The molecule has 2 heterocycles. The van der Waals surface area contributed by atoms with E-state index in [4.69, 9.17) is 5.73 Å². The van der Waals surface area contributed by atoms with Crippen LogP contribution in [0.4, 0.5) is 5.69 Å². The highest BCUT2D eigenvalue weighted by Gasteiger charge is 2.32. The van der Waals surface area contributed by atoms with Crippen LogP contribution in [0.25, 0.3) is 10.1 Å². The predicted octanol–water partition coefficient (Wildman–Crippen LogP) is 2.78. The van der Waals surface area contributed by atoms with E-state index in [1.807, 2.05) is 19.1 Å². The summed E-state index contributed by atoms with van der Waals surface area (Å²) >= 11 is 1.44. The highest BCUT2D eigenvalue weighted by atomic mass is 32.1. The Balaban J connectivity index is 1.96. The standard InChI is InChI=1S/C16H20N2O2S/c1-10-4-5-11-12(8-10)21-14(13(11)17)15(19)18-7-3-6-16(2,20)9-18/h4-5,8,20H,3,6-7,9,17H2,1-2H3. The number of carbonyl (C=O) groups is 1. The number of aliphatic hydroxyl groups is 1. The number of anilines is 1. The number of nitrogens with zero attached hydrogens (tertiary/aromatic N) is 1. The maximum Gasteiger partial charge on any atom is 0.266 e. The van der Waals surface area contributed by atoms with Crippen LogP contribution in [0.15, 0.2) is 18.2 Å². The molecule has 3 rings (SSSR count). The number of fused-ring (bicyclic) bond motifs is 1. The van der Waals surface area contributed by atoms with Crippen molar-refractivity contribution in [2.75, 3.05) is 18.8 Å². The number of amides is 1. The molecule has 1 unspecified atom stereocenters. The van der Waals surface area contributed by atoms with Gasteiger partial charge in [0.1, 0.15) is 4.88 Å². The molecule has 5 heteroatoms. The summed E-state index contributed by atoms with van der Waals surface area (Å²) in [6, 6.07) is 6.03. The van der Waals surface area contributed by atoms with Crippen LogP contribution in [0.3, 0.4) is 0 Å². The van der Waals surface area contributed by atoms with E-state index in [-0.39, 0.29) is 5.91 Å². The van der Waals surface area contributed by atoms with Crippen molar-refractivity contribution in [2.45, 2.75) is 32.3 Å². The van der Waals surface area contributed by atoms with Crippen molar-refractivity contribution in [3.05, 3.63) is 28.6 Å². The Morgan fingerprint density at radius 2 is 2.24 bits per heavy atom. The topological polar surface area (TPSA) is 66.6 Å². The molecule has 0 aliphatic carbocycles. The van der Waals surface area contributed by atoms with Crippen molar-refractivity contribution >= 4 is 33.0 Å². The fourth-order valence-corrected chi connectivity index (χ4v) is 4.11. The van der Waals surface area contributed by atoms with E-state index in [0.717, 1.165) is 28.5 Å². The van der Waals surface area contributed by atoms with Crippen LogP contribution >= 0.6 is 11.3 Å². The summed E-state index contributed by atoms with van der Waals surface area (Å²) in [6.45, 7) is 4.86. The monoisotopic (exact) mass is 304 g/mol. The minimum Gasteiger partial charge on any atom is -0.397 e. The molecule has 0 radical (unpaired) electrons. The number of carbonyl (C=O) groups excluding carboxylic acids is 1. The molecule has 2 aromatic rings. The fourth-order valence-electron chi connectivity index (χ4n) is 2.92. The predicted molar refractivity (Wildman–Crippen MR) is 86.7 cm³/mol. The van der Waals surface area contributed by atoms with Gasteiger partial charge in [-0.25, -0.2) is 0 Å². The maximum absolute atomic E-state index is 12.7. The van der Waals surface area contributed by atoms with Gasteiger partial charge in [0.2, 0.25) is 0 Å². The van der Waals surface area contributed by atoms with E-state index in [1.54, 1.807) is 11.8 Å². The highest BCUT2D eigenvalue weighted by Crippen LogP contribution is 2.35. The Hall–Kier alpha value is -1.59. The van der Waals surface area contributed by atoms with Crippen molar-refractivity contribution in [3.8, 4) is 0 Å². The Morgan fingerprint density at radius 3 is 2.95 bits per heavy atom. The number of thiophene rings is 1. The van der Waals surface area contributed by atoms with Crippen LogP contribution in [0.2, 0.25) is 0 Å². The zero-order valence-corrected chi connectivity index (χ0v) is 13.2. The molecular weight excluding hydrogens is 284 g/mol. The molecule has 1 aliphatic heterocycles. The van der Waals surface area contributed by atoms with Gasteiger partial charge in [0.25, 0.3) is 5.91 Å². The number of nitrogens with two attached hydrogens (primary N) is 1. The fraction of sp³-hybridized carbons (Fsp3) is 0.438. The lowest BCUT2D eigenvalue weighted by Gasteiger charge is -2.36. The second-order valence-electron chi connectivity index (χ2n) is 6.17. The number of β-amino-alcohol motifs (C(OH)–C–C–N with tert-alkyl or cyclic N) is 1. The molecule has 4 nitrogen and oxygen atoms in total. The van der Waals surface area contributed by atoms with Crippen LogP contribution < -0.4 is 5.73 Å². The number of likely N-dealkylation sites (tertiary alicyclic amines) is 1. The van der Waals surface area contributed by atoms with E-state index >= 15 is 0 Å². The molecule has 1 aliphatic rings. The van der Waals surface area contributed by atoms with E-state index < -0.39 is 5.60 Å². The van der Waals surface area contributed by atoms with Gasteiger partial charge in [0, 0.05) is 23.2 Å². The van der Waals surface area contributed by atoms with Crippen molar-refractivity contribution in [1.29, 1.82) is 0 Å². The first-order valence-corrected chi connectivity index (χ1v) is 7.99. The van der Waals surface area contributed by atoms with Crippen LogP contribution in [0, 0.1) is 6.92 Å². The highest BCUT2D eigenvalue weighted by molar-refractivity contribution is 7.21. The average Bonchev–Trinajstić information content (AvgIpc) is 2.73. The minimum absolute atomic E-state index is 0.0636. The largest absolute Gasteiger partial charge is 0.397 e. The minimum atomic E-state index is -0.796. The molecule has 1 fully saturated rings. The van der Waals surface area contributed by atoms with Gasteiger partial charge in [-0.3, -0.25) is 4.79 Å². The molecular formula is C16H20N2O2S. The van der Waals surface area contributed by atoms with Crippen molar-refractivity contribution in [1.82, 2.24) is 4.90 Å². The number of aryl methyl sites for hydroxylation is 1. The normalized spacial score (nSPS) is 22.7. The summed E-state index contributed by atoms with van der Waals surface area (Å²) in [7, 11) is 0. The summed E-state index contributed by atoms with van der Waals surface area (Å²) in [5, 5.41) is 11.1. The van der Waals surface area contributed by atoms with Gasteiger partial charge in [-0.2, -0.15) is 0 Å². The van der Waals surface area contributed by atoms with E-state index in [1.165, 1.54) is 11.3 Å².